The second-order valence-electron chi connectivity index (χ2n) is 2.76. The molecule has 0 unspecified atom stereocenters. The first-order valence-electron chi connectivity index (χ1n) is 3.78. The summed E-state index contributed by atoms with van der Waals surface area (Å²) in [4.78, 5) is 0. The average Bonchev–Trinajstić information content (AvgIpc) is 2.09. The summed E-state index contributed by atoms with van der Waals surface area (Å²) in [5.74, 6) is -1.36. The summed E-state index contributed by atoms with van der Waals surface area (Å²) in [6.07, 6.45) is -4.87. The van der Waals surface area contributed by atoms with Crippen LogP contribution in [0.2, 0.25) is 0 Å². The van der Waals surface area contributed by atoms with Crippen LogP contribution >= 0.6 is 15.9 Å². The summed E-state index contributed by atoms with van der Waals surface area (Å²) in [5.41, 5.74) is -1.14. The van der Waals surface area contributed by atoms with Gasteiger partial charge < -0.3 is 0 Å². The fourth-order valence-corrected chi connectivity index (χ4v) is 1.51. The Morgan fingerprint density at radius 2 is 1.93 bits per heavy atom. The van der Waals surface area contributed by atoms with Gasteiger partial charge in [0, 0.05) is 4.47 Å². The van der Waals surface area contributed by atoms with Crippen LogP contribution in [0.1, 0.15) is 11.1 Å². The van der Waals surface area contributed by atoms with E-state index in [-0.39, 0.29) is 16.5 Å². The molecule has 0 saturated carbocycles. The Hall–Kier alpha value is -1.09. The third kappa shape index (κ3) is 2.69. The number of halogens is 5. The van der Waals surface area contributed by atoms with E-state index in [1.807, 2.05) is 0 Å². The Balaban J connectivity index is 3.27. The van der Waals surface area contributed by atoms with Gasteiger partial charge in [0.05, 0.1) is 18.1 Å². The number of alkyl halides is 3. The third-order valence-corrected chi connectivity index (χ3v) is 2.45. The highest BCUT2D eigenvalue weighted by atomic mass is 79.9. The number of nitriles is 1. The van der Waals surface area contributed by atoms with Crippen LogP contribution in [0.4, 0.5) is 17.6 Å². The zero-order valence-corrected chi connectivity index (χ0v) is 8.78. The van der Waals surface area contributed by atoms with Crippen LogP contribution in [0.3, 0.4) is 0 Å². The van der Waals surface area contributed by atoms with Crippen molar-refractivity contribution in [2.24, 2.45) is 0 Å². The SMILES string of the molecule is N#CCc1cc(F)c(C(F)(F)F)cc1Br. The topological polar surface area (TPSA) is 23.8 Å². The van der Waals surface area contributed by atoms with Crippen molar-refractivity contribution in [1.82, 2.24) is 0 Å². The first-order valence-corrected chi connectivity index (χ1v) is 4.57. The van der Waals surface area contributed by atoms with Crippen LogP contribution in [-0.4, -0.2) is 0 Å². The molecule has 15 heavy (non-hydrogen) atoms. The molecule has 6 heteroatoms. The van der Waals surface area contributed by atoms with E-state index < -0.39 is 17.6 Å². The van der Waals surface area contributed by atoms with Crippen molar-refractivity contribution in [2.45, 2.75) is 12.6 Å². The second kappa shape index (κ2) is 4.19. The number of nitrogens with zero attached hydrogens (tertiary/aromatic N) is 1. The van der Waals surface area contributed by atoms with Gasteiger partial charge in [0.15, 0.2) is 0 Å². The highest BCUT2D eigenvalue weighted by Gasteiger charge is 2.34. The zero-order chi connectivity index (χ0) is 11.6. The molecule has 0 aliphatic heterocycles. The minimum atomic E-state index is -4.72. The Labute approximate surface area is 91.4 Å². The van der Waals surface area contributed by atoms with Gasteiger partial charge >= 0.3 is 6.18 Å². The predicted molar refractivity (Wildman–Crippen MR) is 48.4 cm³/mol. The maximum absolute atomic E-state index is 13.0. The molecule has 0 bridgehead atoms. The number of hydrogen-bond acceptors (Lipinski definition) is 1. The molecule has 0 saturated heterocycles. The lowest BCUT2D eigenvalue weighted by atomic mass is 10.1. The van der Waals surface area contributed by atoms with Gasteiger partial charge in [-0.2, -0.15) is 18.4 Å². The molecule has 0 aromatic heterocycles. The summed E-state index contributed by atoms with van der Waals surface area (Å²) in [6.45, 7) is 0. The quantitative estimate of drug-likeness (QED) is 0.721. The fraction of sp³-hybridized carbons (Fsp3) is 0.222. The Bertz CT molecular complexity index is 419. The van der Waals surface area contributed by atoms with Crippen molar-refractivity contribution in [3.05, 3.63) is 33.5 Å². The van der Waals surface area contributed by atoms with Crippen LogP contribution in [0.15, 0.2) is 16.6 Å². The van der Waals surface area contributed by atoms with Crippen LogP contribution in [0.25, 0.3) is 0 Å². The van der Waals surface area contributed by atoms with E-state index in [1.54, 1.807) is 6.07 Å². The average molecular weight is 282 g/mol. The molecule has 0 fully saturated rings. The molecule has 0 amide bonds. The highest BCUT2D eigenvalue weighted by Crippen LogP contribution is 2.34. The maximum atomic E-state index is 13.0. The monoisotopic (exact) mass is 281 g/mol. The molecular weight excluding hydrogens is 278 g/mol. The van der Waals surface area contributed by atoms with E-state index in [9.17, 15) is 17.6 Å². The van der Waals surface area contributed by atoms with E-state index in [0.29, 0.717) is 6.07 Å². The largest absolute Gasteiger partial charge is 0.419 e. The summed E-state index contributed by atoms with van der Waals surface area (Å²) in [7, 11) is 0. The van der Waals surface area contributed by atoms with Gasteiger partial charge in [-0.15, -0.1) is 0 Å². The minimum absolute atomic E-state index is 0.0813. The molecule has 0 spiro atoms. The van der Waals surface area contributed by atoms with E-state index in [4.69, 9.17) is 5.26 Å². The molecular formula is C9H4BrF4N. The van der Waals surface area contributed by atoms with Crippen LogP contribution in [-0.2, 0) is 12.6 Å². The summed E-state index contributed by atoms with van der Waals surface area (Å²) in [6, 6.07) is 3.09. The molecule has 0 radical (unpaired) electrons. The van der Waals surface area contributed by atoms with Crippen LogP contribution in [0, 0.1) is 17.1 Å². The van der Waals surface area contributed by atoms with Crippen molar-refractivity contribution in [2.75, 3.05) is 0 Å². The summed E-state index contributed by atoms with van der Waals surface area (Å²) in [5, 5.41) is 8.35. The van der Waals surface area contributed by atoms with Gasteiger partial charge in [0.2, 0.25) is 0 Å². The predicted octanol–water partition coefficient (Wildman–Crippen LogP) is 3.67. The van der Waals surface area contributed by atoms with Gasteiger partial charge in [-0.05, 0) is 17.7 Å². The smallest absolute Gasteiger partial charge is 0.206 e. The molecule has 1 aromatic carbocycles. The molecule has 0 aliphatic carbocycles. The molecule has 0 atom stereocenters. The molecule has 1 rings (SSSR count). The molecule has 0 N–H and O–H groups in total. The van der Waals surface area contributed by atoms with E-state index in [2.05, 4.69) is 15.9 Å². The lowest BCUT2D eigenvalue weighted by molar-refractivity contribution is -0.140. The van der Waals surface area contributed by atoms with Gasteiger partial charge in [-0.3, -0.25) is 0 Å². The number of hydrogen-bond donors (Lipinski definition) is 0. The first-order chi connectivity index (χ1) is 6.86. The van der Waals surface area contributed by atoms with Crippen molar-refractivity contribution < 1.29 is 17.6 Å². The normalized spacial score (nSPS) is 11.2. The molecule has 1 aromatic rings. The summed E-state index contributed by atoms with van der Waals surface area (Å²) >= 11 is 2.86. The van der Waals surface area contributed by atoms with Crippen molar-refractivity contribution in [1.29, 1.82) is 5.26 Å². The number of rotatable bonds is 1. The van der Waals surface area contributed by atoms with Crippen molar-refractivity contribution in [3.8, 4) is 6.07 Å². The Morgan fingerprint density at radius 1 is 1.33 bits per heavy atom. The molecule has 80 valence electrons. The Kier molecular flexibility index (Phi) is 3.35. The maximum Gasteiger partial charge on any atom is 0.419 e. The van der Waals surface area contributed by atoms with Gasteiger partial charge in [-0.25, -0.2) is 4.39 Å². The lowest BCUT2D eigenvalue weighted by Crippen LogP contribution is -2.08. The third-order valence-electron chi connectivity index (χ3n) is 1.71. The Morgan fingerprint density at radius 3 is 2.40 bits per heavy atom. The van der Waals surface area contributed by atoms with Gasteiger partial charge in [0.1, 0.15) is 5.82 Å². The van der Waals surface area contributed by atoms with Gasteiger partial charge in [-0.1, -0.05) is 15.9 Å². The van der Waals surface area contributed by atoms with Crippen LogP contribution < -0.4 is 0 Å². The van der Waals surface area contributed by atoms with Crippen molar-refractivity contribution >= 4 is 15.9 Å². The molecule has 0 aliphatic rings. The standard InChI is InChI=1S/C9H4BrF4N/c10-7-4-6(9(12,13)14)8(11)3-5(7)1-2-15/h3-4H,1H2. The number of benzene rings is 1. The summed E-state index contributed by atoms with van der Waals surface area (Å²) < 4.78 is 49.7. The second-order valence-corrected chi connectivity index (χ2v) is 3.61. The molecule has 1 nitrogen and oxygen atoms in total. The van der Waals surface area contributed by atoms with Gasteiger partial charge in [0.25, 0.3) is 0 Å². The van der Waals surface area contributed by atoms with E-state index >= 15 is 0 Å². The van der Waals surface area contributed by atoms with Crippen LogP contribution in [0.5, 0.6) is 0 Å². The lowest BCUT2D eigenvalue weighted by Gasteiger charge is -2.10. The fourth-order valence-electron chi connectivity index (χ4n) is 1.03. The zero-order valence-electron chi connectivity index (χ0n) is 7.20. The minimum Gasteiger partial charge on any atom is -0.206 e. The first kappa shape index (κ1) is 12.0. The van der Waals surface area contributed by atoms with E-state index in [0.717, 1.165) is 6.07 Å². The van der Waals surface area contributed by atoms with Crippen molar-refractivity contribution in [3.63, 3.8) is 0 Å². The van der Waals surface area contributed by atoms with E-state index in [1.165, 1.54) is 0 Å². The molecule has 0 heterocycles. The highest BCUT2D eigenvalue weighted by molar-refractivity contribution is 9.10.